The number of nitrogens with one attached hydrogen (secondary N) is 1. The maximum absolute atomic E-state index is 13.6. The number of nitrogens with zero attached hydrogens (tertiary/aromatic N) is 1. The molecule has 2 aromatic carbocycles. The van der Waals surface area contributed by atoms with E-state index in [-0.39, 0.29) is 21.3 Å². The molecule has 0 saturated heterocycles. The number of amides is 1. The van der Waals surface area contributed by atoms with Crippen molar-refractivity contribution in [2.24, 2.45) is 0 Å². The summed E-state index contributed by atoms with van der Waals surface area (Å²) in [4.78, 5) is 11.9. The van der Waals surface area contributed by atoms with E-state index in [4.69, 9.17) is 5.26 Å². The fourth-order valence-corrected chi connectivity index (χ4v) is 1.76. The summed E-state index contributed by atoms with van der Waals surface area (Å²) >= 11 is 2.98. The van der Waals surface area contributed by atoms with E-state index in [0.29, 0.717) is 0 Å². The number of hydrogen-bond acceptors (Lipinski definition) is 2. The van der Waals surface area contributed by atoms with Gasteiger partial charge in [-0.2, -0.15) is 5.26 Å². The molecule has 0 unspecified atom stereocenters. The molecule has 2 rings (SSSR count). The van der Waals surface area contributed by atoms with Gasteiger partial charge in [0.1, 0.15) is 11.6 Å². The topological polar surface area (TPSA) is 52.9 Å². The molecule has 3 nitrogen and oxygen atoms in total. The first-order valence-electron chi connectivity index (χ1n) is 5.47. The summed E-state index contributed by atoms with van der Waals surface area (Å²) in [6.07, 6.45) is 0. The van der Waals surface area contributed by atoms with Gasteiger partial charge in [-0.1, -0.05) is 0 Å². The molecule has 0 heterocycles. The van der Waals surface area contributed by atoms with E-state index >= 15 is 0 Å². The highest BCUT2D eigenvalue weighted by atomic mass is 79.9. The van der Waals surface area contributed by atoms with E-state index in [1.807, 2.05) is 0 Å². The number of hydrogen-bond donors (Lipinski definition) is 1. The third-order valence-corrected chi connectivity index (χ3v) is 3.17. The van der Waals surface area contributed by atoms with Crippen LogP contribution >= 0.6 is 15.9 Å². The summed E-state index contributed by atoms with van der Waals surface area (Å²) in [5, 5.41) is 10.9. The molecule has 0 spiro atoms. The Hall–Kier alpha value is -2.26. The average Bonchev–Trinajstić information content (AvgIpc) is 2.43. The molecule has 6 heteroatoms. The molecule has 2 aromatic rings. The number of benzene rings is 2. The standard InChI is InChI=1S/C14H7BrF2N2O/c15-10-3-2-9(6-11(10)16)14(20)19-13-4-1-8(7-18)5-12(13)17/h1-6H,(H,19,20). The Balaban J connectivity index is 2.23. The molecule has 20 heavy (non-hydrogen) atoms. The molecule has 0 aliphatic rings. The van der Waals surface area contributed by atoms with Crippen molar-refractivity contribution in [3.63, 3.8) is 0 Å². The third-order valence-electron chi connectivity index (χ3n) is 2.53. The predicted octanol–water partition coefficient (Wildman–Crippen LogP) is 3.85. The molecule has 100 valence electrons. The largest absolute Gasteiger partial charge is 0.319 e. The Labute approximate surface area is 122 Å². The second kappa shape index (κ2) is 5.80. The Kier molecular flexibility index (Phi) is 4.11. The SMILES string of the molecule is N#Cc1ccc(NC(=O)c2ccc(Br)c(F)c2)c(F)c1. The lowest BCUT2D eigenvalue weighted by Gasteiger charge is -2.07. The molecular formula is C14H7BrF2N2O. The van der Waals surface area contributed by atoms with Crippen molar-refractivity contribution >= 4 is 27.5 Å². The Morgan fingerprint density at radius 1 is 1.15 bits per heavy atom. The second-order valence-electron chi connectivity index (χ2n) is 3.89. The van der Waals surface area contributed by atoms with E-state index in [0.717, 1.165) is 12.1 Å². The summed E-state index contributed by atoms with van der Waals surface area (Å²) in [6.45, 7) is 0. The van der Waals surface area contributed by atoms with E-state index in [1.54, 1.807) is 6.07 Å². The van der Waals surface area contributed by atoms with Crippen molar-refractivity contribution in [3.05, 3.63) is 63.6 Å². The lowest BCUT2D eigenvalue weighted by Crippen LogP contribution is -2.13. The third kappa shape index (κ3) is 3.00. The van der Waals surface area contributed by atoms with Crippen LogP contribution in [0, 0.1) is 23.0 Å². The van der Waals surface area contributed by atoms with Crippen LogP contribution in [-0.2, 0) is 0 Å². The number of anilines is 1. The molecular weight excluding hydrogens is 330 g/mol. The van der Waals surface area contributed by atoms with Crippen LogP contribution in [0.15, 0.2) is 40.9 Å². The van der Waals surface area contributed by atoms with E-state index in [1.165, 1.54) is 24.3 Å². The van der Waals surface area contributed by atoms with Gasteiger partial charge in [0.15, 0.2) is 0 Å². The number of carbonyl (C=O) groups excluding carboxylic acids is 1. The molecule has 0 bridgehead atoms. The fourth-order valence-electron chi connectivity index (χ4n) is 1.52. The number of nitriles is 1. The number of halogens is 3. The van der Waals surface area contributed by atoms with Gasteiger partial charge in [-0.3, -0.25) is 4.79 Å². The smallest absolute Gasteiger partial charge is 0.255 e. The molecule has 1 amide bonds. The van der Waals surface area contributed by atoms with Gasteiger partial charge < -0.3 is 5.32 Å². The van der Waals surface area contributed by atoms with Gasteiger partial charge in [-0.25, -0.2) is 8.78 Å². The van der Waals surface area contributed by atoms with Crippen LogP contribution in [0.25, 0.3) is 0 Å². The quantitative estimate of drug-likeness (QED) is 0.905. The highest BCUT2D eigenvalue weighted by Gasteiger charge is 2.11. The Morgan fingerprint density at radius 3 is 2.50 bits per heavy atom. The van der Waals surface area contributed by atoms with Gasteiger partial charge in [0.2, 0.25) is 0 Å². The highest BCUT2D eigenvalue weighted by Crippen LogP contribution is 2.19. The van der Waals surface area contributed by atoms with E-state index < -0.39 is 17.5 Å². The van der Waals surface area contributed by atoms with Crippen LogP contribution in [0.4, 0.5) is 14.5 Å². The molecule has 0 fully saturated rings. The first kappa shape index (κ1) is 14.2. The monoisotopic (exact) mass is 336 g/mol. The average molecular weight is 337 g/mol. The van der Waals surface area contributed by atoms with Crippen LogP contribution in [0.2, 0.25) is 0 Å². The van der Waals surface area contributed by atoms with Gasteiger partial charge in [-0.15, -0.1) is 0 Å². The van der Waals surface area contributed by atoms with E-state index in [9.17, 15) is 13.6 Å². The zero-order valence-electron chi connectivity index (χ0n) is 9.95. The van der Waals surface area contributed by atoms with Crippen LogP contribution in [0.1, 0.15) is 15.9 Å². The molecule has 0 aliphatic heterocycles. The van der Waals surface area contributed by atoms with Gasteiger partial charge in [0.25, 0.3) is 5.91 Å². The first-order valence-corrected chi connectivity index (χ1v) is 6.26. The van der Waals surface area contributed by atoms with Crippen molar-refractivity contribution in [1.82, 2.24) is 0 Å². The first-order chi connectivity index (χ1) is 9.51. The van der Waals surface area contributed by atoms with Gasteiger partial charge in [0.05, 0.1) is 21.8 Å². The van der Waals surface area contributed by atoms with Crippen LogP contribution in [0.5, 0.6) is 0 Å². The molecule has 0 aromatic heterocycles. The summed E-state index contributed by atoms with van der Waals surface area (Å²) in [5.74, 6) is -1.95. The lowest BCUT2D eigenvalue weighted by molar-refractivity contribution is 0.102. The van der Waals surface area contributed by atoms with Crippen molar-refractivity contribution in [2.75, 3.05) is 5.32 Å². The molecule has 0 aliphatic carbocycles. The van der Waals surface area contributed by atoms with Crippen LogP contribution in [-0.4, -0.2) is 5.91 Å². The minimum absolute atomic E-state index is 0.0643. The van der Waals surface area contributed by atoms with Crippen molar-refractivity contribution < 1.29 is 13.6 Å². The summed E-state index contributed by atoms with van der Waals surface area (Å²) in [6, 6.07) is 9.29. The second-order valence-corrected chi connectivity index (χ2v) is 4.74. The normalized spacial score (nSPS) is 9.90. The zero-order chi connectivity index (χ0) is 14.7. The summed E-state index contributed by atoms with van der Waals surface area (Å²) in [7, 11) is 0. The fraction of sp³-hybridized carbons (Fsp3) is 0. The van der Waals surface area contributed by atoms with Gasteiger partial charge in [-0.05, 0) is 52.3 Å². The minimum atomic E-state index is -0.727. The molecule has 1 N–H and O–H groups in total. The predicted molar refractivity (Wildman–Crippen MR) is 73.2 cm³/mol. The number of carbonyl (C=O) groups is 1. The van der Waals surface area contributed by atoms with Crippen LogP contribution < -0.4 is 5.32 Å². The van der Waals surface area contributed by atoms with E-state index in [2.05, 4.69) is 21.2 Å². The Bertz CT molecular complexity index is 726. The molecule has 0 atom stereocenters. The lowest BCUT2D eigenvalue weighted by atomic mass is 10.2. The molecule has 0 saturated carbocycles. The van der Waals surface area contributed by atoms with Crippen molar-refractivity contribution in [2.45, 2.75) is 0 Å². The maximum Gasteiger partial charge on any atom is 0.255 e. The zero-order valence-corrected chi connectivity index (χ0v) is 11.5. The summed E-state index contributed by atoms with van der Waals surface area (Å²) in [5.41, 5.74) is 0.141. The summed E-state index contributed by atoms with van der Waals surface area (Å²) < 4.78 is 27.2. The van der Waals surface area contributed by atoms with Crippen molar-refractivity contribution in [3.8, 4) is 6.07 Å². The number of rotatable bonds is 2. The molecule has 0 radical (unpaired) electrons. The maximum atomic E-state index is 13.6. The van der Waals surface area contributed by atoms with Gasteiger partial charge >= 0.3 is 0 Å². The highest BCUT2D eigenvalue weighted by molar-refractivity contribution is 9.10. The Morgan fingerprint density at radius 2 is 1.90 bits per heavy atom. The minimum Gasteiger partial charge on any atom is -0.319 e. The van der Waals surface area contributed by atoms with Crippen molar-refractivity contribution in [1.29, 1.82) is 5.26 Å². The van der Waals surface area contributed by atoms with Crippen LogP contribution in [0.3, 0.4) is 0 Å². The van der Waals surface area contributed by atoms with Gasteiger partial charge in [0, 0.05) is 5.56 Å².